The molecule has 0 amide bonds. The molecule has 0 aliphatic carbocycles. The third kappa shape index (κ3) is 7.52. The molecule has 1 atom stereocenters. The van der Waals surface area contributed by atoms with Crippen molar-refractivity contribution in [3.63, 3.8) is 0 Å². The molecule has 1 fully saturated rings. The molecule has 190 valence electrons. The summed E-state index contributed by atoms with van der Waals surface area (Å²) in [6.45, 7) is 13.0. The average Bonchev–Trinajstić information content (AvgIpc) is 2.75. The van der Waals surface area contributed by atoms with Gasteiger partial charge in [-0.2, -0.15) is 9.82 Å². The number of nitrogens with one attached hydrogen (secondary N) is 1. The van der Waals surface area contributed by atoms with Gasteiger partial charge in [0.25, 0.3) is 4.90 Å². The van der Waals surface area contributed by atoms with Crippen molar-refractivity contribution in [2.45, 2.75) is 44.9 Å². The van der Waals surface area contributed by atoms with Gasteiger partial charge in [0.15, 0.2) is 0 Å². The molecule has 0 aromatic heterocycles. The van der Waals surface area contributed by atoms with Crippen LogP contribution in [0, 0.1) is 5.92 Å². The van der Waals surface area contributed by atoms with Crippen molar-refractivity contribution in [3.8, 4) is 0 Å². The van der Waals surface area contributed by atoms with Gasteiger partial charge < -0.3 is 9.80 Å². The maximum absolute atomic E-state index is 6.78. The molecule has 6 nitrogen and oxygen atoms in total. The fourth-order valence-corrected chi connectivity index (χ4v) is 6.67. The van der Waals surface area contributed by atoms with Gasteiger partial charge in [0, 0.05) is 33.2 Å². The summed E-state index contributed by atoms with van der Waals surface area (Å²) in [6.07, 6.45) is 2.94. The van der Waals surface area contributed by atoms with Gasteiger partial charge in [0.1, 0.15) is 15.7 Å². The minimum absolute atomic E-state index is 0.497. The molecular formula is C25H40Cl2N5OS+. The number of nitrogens with zero attached hydrogens (tertiary/aromatic N) is 4. The summed E-state index contributed by atoms with van der Waals surface area (Å²) in [5.41, 5.74) is 4.49. The van der Waals surface area contributed by atoms with Crippen molar-refractivity contribution in [1.82, 2.24) is 19.5 Å². The standard InChI is InChI=1S/C25H40Cl2N5OS/c1-18(2)14-23-24(19(3)17-31(5)28-23)29-34(33-6)25-21(26)15-20(16-22(25)27)8-7-9-32-12-10-30(4)11-13-32/h15-16,18,29H,7-14,17H2,1-6H3/q+1. The van der Waals surface area contributed by atoms with Gasteiger partial charge in [-0.25, -0.2) is 0 Å². The fraction of sp³-hybridized carbons (Fsp3) is 0.640. The van der Waals surface area contributed by atoms with E-state index in [0.717, 1.165) is 74.8 Å². The summed E-state index contributed by atoms with van der Waals surface area (Å²) in [4.78, 5) is 5.73. The molecule has 0 spiro atoms. The van der Waals surface area contributed by atoms with E-state index in [9.17, 15) is 0 Å². The van der Waals surface area contributed by atoms with E-state index in [2.05, 4.69) is 42.3 Å². The van der Waals surface area contributed by atoms with Crippen molar-refractivity contribution in [3.05, 3.63) is 39.0 Å². The lowest BCUT2D eigenvalue weighted by molar-refractivity contribution is 0.153. The first-order chi connectivity index (χ1) is 16.2. The van der Waals surface area contributed by atoms with E-state index in [1.54, 1.807) is 7.11 Å². The van der Waals surface area contributed by atoms with Crippen LogP contribution in [0.25, 0.3) is 0 Å². The normalized spacial score (nSPS) is 19.1. The van der Waals surface area contributed by atoms with Crippen LogP contribution >= 0.6 is 23.2 Å². The number of hydrogen-bond donors (Lipinski definition) is 1. The predicted molar refractivity (Wildman–Crippen MR) is 147 cm³/mol. The van der Waals surface area contributed by atoms with Crippen molar-refractivity contribution in [2.75, 3.05) is 60.5 Å². The summed E-state index contributed by atoms with van der Waals surface area (Å²) in [5, 5.41) is 8.06. The Labute approximate surface area is 219 Å². The van der Waals surface area contributed by atoms with Crippen LogP contribution in [0.1, 0.15) is 39.2 Å². The highest BCUT2D eigenvalue weighted by Crippen LogP contribution is 2.33. The van der Waals surface area contributed by atoms with Gasteiger partial charge in [0.05, 0.1) is 19.4 Å². The Balaban J connectivity index is 1.70. The predicted octanol–water partition coefficient (Wildman–Crippen LogP) is 4.84. The van der Waals surface area contributed by atoms with Crippen LogP contribution in [0.15, 0.2) is 33.4 Å². The van der Waals surface area contributed by atoms with Crippen LogP contribution in [0.3, 0.4) is 0 Å². The molecular weight excluding hydrogens is 489 g/mol. The minimum Gasteiger partial charge on any atom is -0.304 e. The number of likely N-dealkylation sites (N-methyl/N-ethyl adjacent to an activating group) is 2. The highest BCUT2D eigenvalue weighted by Gasteiger charge is 2.35. The second-order valence-corrected chi connectivity index (χ2v) is 12.1. The number of piperazine rings is 1. The second-order valence-electron chi connectivity index (χ2n) is 9.79. The zero-order valence-corrected chi connectivity index (χ0v) is 23.8. The van der Waals surface area contributed by atoms with Gasteiger partial charge in [0.2, 0.25) is 0 Å². The lowest BCUT2D eigenvalue weighted by Gasteiger charge is -2.32. The van der Waals surface area contributed by atoms with E-state index in [-0.39, 0.29) is 0 Å². The van der Waals surface area contributed by atoms with Gasteiger partial charge >= 0.3 is 11.4 Å². The van der Waals surface area contributed by atoms with Crippen LogP contribution in [0.4, 0.5) is 0 Å². The fourth-order valence-electron chi connectivity index (χ4n) is 4.42. The zero-order chi connectivity index (χ0) is 24.8. The topological polar surface area (TPSA) is 43.3 Å². The third-order valence-electron chi connectivity index (χ3n) is 6.21. The minimum atomic E-state index is -0.788. The van der Waals surface area contributed by atoms with Crippen molar-refractivity contribution in [2.24, 2.45) is 11.0 Å². The number of benzene rings is 1. The molecule has 9 heteroatoms. The number of rotatable bonds is 10. The van der Waals surface area contributed by atoms with Crippen LogP contribution in [0.2, 0.25) is 10.0 Å². The first kappa shape index (κ1) is 27.6. The summed E-state index contributed by atoms with van der Waals surface area (Å²) in [6, 6.07) is 4.10. The van der Waals surface area contributed by atoms with E-state index in [1.165, 1.54) is 11.1 Å². The maximum Gasteiger partial charge on any atom is 0.309 e. The quantitative estimate of drug-likeness (QED) is 0.440. The smallest absolute Gasteiger partial charge is 0.304 e. The van der Waals surface area contributed by atoms with E-state index < -0.39 is 11.4 Å². The highest BCUT2D eigenvalue weighted by atomic mass is 35.5. The summed E-state index contributed by atoms with van der Waals surface area (Å²) >= 11 is 12.8. The molecule has 1 N–H and O–H groups in total. The highest BCUT2D eigenvalue weighted by molar-refractivity contribution is 7.90. The molecule has 3 rings (SSSR count). The van der Waals surface area contributed by atoms with E-state index in [0.29, 0.717) is 16.0 Å². The SMILES string of the molecule is CO[S+](NC1=C(C)CN(C)N=C1CC(C)C)c1c(Cl)cc(CCCN2CCN(C)CC2)cc1Cl. The summed E-state index contributed by atoms with van der Waals surface area (Å²) in [7, 11) is 5.89. The van der Waals surface area contributed by atoms with Crippen LogP contribution in [-0.2, 0) is 22.0 Å². The molecule has 1 unspecified atom stereocenters. The first-order valence-electron chi connectivity index (χ1n) is 12.1. The van der Waals surface area contributed by atoms with Crippen molar-refractivity contribution < 1.29 is 4.18 Å². The second kappa shape index (κ2) is 12.8. The van der Waals surface area contributed by atoms with Crippen LogP contribution in [-0.4, -0.2) is 81.0 Å². The summed E-state index contributed by atoms with van der Waals surface area (Å²) < 4.78 is 9.46. The molecule has 1 aromatic carbocycles. The number of hydrogen-bond acceptors (Lipinski definition) is 6. The van der Waals surface area contributed by atoms with Crippen LogP contribution in [0.5, 0.6) is 0 Å². The molecule has 1 saturated heterocycles. The Hall–Kier alpha value is -0.960. The molecule has 0 saturated carbocycles. The lowest BCUT2D eigenvalue weighted by Crippen LogP contribution is -2.44. The number of aryl methyl sites for hydroxylation is 1. The average molecular weight is 530 g/mol. The molecule has 1 aromatic rings. The molecule has 2 aliphatic heterocycles. The van der Waals surface area contributed by atoms with Crippen LogP contribution < -0.4 is 4.72 Å². The Morgan fingerprint density at radius 2 is 1.76 bits per heavy atom. The molecule has 2 heterocycles. The molecule has 34 heavy (non-hydrogen) atoms. The Morgan fingerprint density at radius 3 is 2.35 bits per heavy atom. The zero-order valence-electron chi connectivity index (χ0n) is 21.5. The first-order valence-corrected chi connectivity index (χ1v) is 14.0. The van der Waals surface area contributed by atoms with Crippen molar-refractivity contribution >= 4 is 40.3 Å². The van der Waals surface area contributed by atoms with Gasteiger partial charge in [-0.05, 0) is 69.0 Å². The number of allylic oxidation sites excluding steroid dienone is 1. The third-order valence-corrected chi connectivity index (χ3v) is 8.57. The maximum atomic E-state index is 6.78. The lowest BCUT2D eigenvalue weighted by atomic mass is 10.0. The van der Waals surface area contributed by atoms with Gasteiger partial charge in [-0.3, -0.25) is 5.01 Å². The van der Waals surface area contributed by atoms with Gasteiger partial charge in [-0.1, -0.05) is 37.0 Å². The Kier molecular flexibility index (Phi) is 10.4. The molecule has 0 radical (unpaired) electrons. The largest absolute Gasteiger partial charge is 0.309 e. The monoisotopic (exact) mass is 528 g/mol. The van der Waals surface area contributed by atoms with E-state index in [4.69, 9.17) is 32.5 Å². The Bertz CT molecular complexity index is 876. The van der Waals surface area contributed by atoms with Gasteiger partial charge in [-0.15, -0.1) is 4.18 Å². The number of hydrazone groups is 1. The number of halogens is 2. The molecule has 0 bridgehead atoms. The van der Waals surface area contributed by atoms with Crippen molar-refractivity contribution in [1.29, 1.82) is 0 Å². The van der Waals surface area contributed by atoms with E-state index >= 15 is 0 Å². The summed E-state index contributed by atoms with van der Waals surface area (Å²) in [5.74, 6) is 0.497. The Morgan fingerprint density at radius 1 is 1.12 bits per heavy atom. The molecule has 2 aliphatic rings. The van der Waals surface area contributed by atoms with E-state index in [1.807, 2.05) is 24.2 Å².